The highest BCUT2D eigenvalue weighted by Gasteiger charge is 2.19. The zero-order valence-electron chi connectivity index (χ0n) is 13.0. The minimum atomic E-state index is -0.282. The minimum Gasteiger partial charge on any atom is -0.450 e. The van der Waals surface area contributed by atoms with Gasteiger partial charge < -0.3 is 9.73 Å². The van der Waals surface area contributed by atoms with Gasteiger partial charge in [0.05, 0.1) is 0 Å². The van der Waals surface area contributed by atoms with Gasteiger partial charge in [0.25, 0.3) is 5.91 Å². The van der Waals surface area contributed by atoms with Crippen LogP contribution in [0.2, 0.25) is 5.02 Å². The van der Waals surface area contributed by atoms with Gasteiger partial charge in [0.2, 0.25) is 0 Å². The number of carbonyl (C=O) groups excluding carboxylic acids is 1. The van der Waals surface area contributed by atoms with E-state index in [0.717, 1.165) is 27.3 Å². The molecule has 1 N–H and O–H groups in total. The third-order valence-electron chi connectivity index (χ3n) is 4.12. The van der Waals surface area contributed by atoms with Crippen molar-refractivity contribution in [1.29, 1.82) is 0 Å². The number of rotatable bonds is 2. The van der Waals surface area contributed by atoms with E-state index in [9.17, 15) is 4.79 Å². The first kappa shape index (κ1) is 14.8. The van der Waals surface area contributed by atoms with Gasteiger partial charge in [0.15, 0.2) is 5.76 Å². The molecule has 0 atom stereocenters. The summed E-state index contributed by atoms with van der Waals surface area (Å²) >= 11 is 5.96. The van der Waals surface area contributed by atoms with Crippen LogP contribution in [0.15, 0.2) is 65.1 Å². The zero-order chi connectivity index (χ0) is 16.7. The maximum atomic E-state index is 12.6. The van der Waals surface area contributed by atoms with E-state index in [1.807, 2.05) is 43.3 Å². The smallest absolute Gasteiger partial charge is 0.291 e. The molecule has 0 bridgehead atoms. The Bertz CT molecular complexity index is 1080. The van der Waals surface area contributed by atoms with Crippen molar-refractivity contribution in [3.05, 3.63) is 77.0 Å². The van der Waals surface area contributed by atoms with Gasteiger partial charge in [-0.2, -0.15) is 0 Å². The van der Waals surface area contributed by atoms with E-state index >= 15 is 0 Å². The van der Waals surface area contributed by atoms with Crippen LogP contribution in [-0.4, -0.2) is 5.91 Å². The molecule has 0 aliphatic carbocycles. The number of hydrogen-bond acceptors (Lipinski definition) is 2. The van der Waals surface area contributed by atoms with Crippen molar-refractivity contribution in [3.8, 4) is 0 Å². The fraction of sp³-hybridized carbons (Fsp3) is 0.0500. The van der Waals surface area contributed by atoms with Crippen molar-refractivity contribution < 1.29 is 9.21 Å². The molecule has 4 heteroatoms. The Labute approximate surface area is 143 Å². The van der Waals surface area contributed by atoms with Gasteiger partial charge in [-0.25, -0.2) is 0 Å². The number of halogens is 1. The molecular formula is C20H14ClNO2. The number of furan rings is 1. The average molecular weight is 336 g/mol. The number of aryl methyl sites for hydroxylation is 1. The van der Waals surface area contributed by atoms with Gasteiger partial charge in [0.1, 0.15) is 5.58 Å². The Hall–Kier alpha value is -2.78. The zero-order valence-corrected chi connectivity index (χ0v) is 13.7. The van der Waals surface area contributed by atoms with Crippen LogP contribution in [0.4, 0.5) is 5.69 Å². The largest absolute Gasteiger partial charge is 0.450 e. The van der Waals surface area contributed by atoms with E-state index in [2.05, 4.69) is 5.32 Å². The molecule has 118 valence electrons. The predicted molar refractivity (Wildman–Crippen MR) is 97.9 cm³/mol. The molecule has 0 aliphatic rings. The van der Waals surface area contributed by atoms with Gasteiger partial charge >= 0.3 is 0 Å². The molecule has 0 radical (unpaired) electrons. The van der Waals surface area contributed by atoms with E-state index in [1.54, 1.807) is 24.3 Å². The molecule has 0 unspecified atom stereocenters. The van der Waals surface area contributed by atoms with Crippen LogP contribution in [0, 0.1) is 6.92 Å². The van der Waals surface area contributed by atoms with Crippen LogP contribution in [-0.2, 0) is 0 Å². The average Bonchev–Trinajstić information content (AvgIpc) is 2.92. The van der Waals surface area contributed by atoms with Gasteiger partial charge in [-0.15, -0.1) is 0 Å². The van der Waals surface area contributed by atoms with Crippen molar-refractivity contribution in [2.24, 2.45) is 0 Å². The van der Waals surface area contributed by atoms with Crippen molar-refractivity contribution in [3.63, 3.8) is 0 Å². The molecule has 1 heterocycles. The molecular weight excluding hydrogens is 322 g/mol. The molecule has 0 saturated heterocycles. The second-order valence-electron chi connectivity index (χ2n) is 5.68. The minimum absolute atomic E-state index is 0.282. The highest BCUT2D eigenvalue weighted by molar-refractivity contribution is 6.31. The quantitative estimate of drug-likeness (QED) is 0.503. The van der Waals surface area contributed by atoms with E-state index in [-0.39, 0.29) is 5.91 Å². The molecule has 4 rings (SSSR count). The standard InChI is InChI=1S/C20H14ClNO2/c1-12-16-10-9-13-5-2-3-8-17(13)19(16)24-18(12)20(23)22-15-7-4-6-14(21)11-15/h2-11H,1H3,(H,22,23). The number of benzene rings is 3. The maximum Gasteiger partial charge on any atom is 0.291 e. The van der Waals surface area contributed by atoms with Crippen molar-refractivity contribution in [2.45, 2.75) is 6.92 Å². The molecule has 4 aromatic rings. The van der Waals surface area contributed by atoms with Gasteiger partial charge in [-0.1, -0.05) is 54.1 Å². The van der Waals surface area contributed by atoms with Crippen LogP contribution in [0.5, 0.6) is 0 Å². The summed E-state index contributed by atoms with van der Waals surface area (Å²) in [4.78, 5) is 12.6. The van der Waals surface area contributed by atoms with Crippen molar-refractivity contribution in [1.82, 2.24) is 0 Å². The summed E-state index contributed by atoms with van der Waals surface area (Å²) in [5.74, 6) is 0.0383. The Kier molecular flexibility index (Phi) is 3.51. The molecule has 24 heavy (non-hydrogen) atoms. The monoisotopic (exact) mass is 335 g/mol. The molecule has 3 aromatic carbocycles. The van der Waals surface area contributed by atoms with E-state index in [1.165, 1.54) is 0 Å². The van der Waals surface area contributed by atoms with Gasteiger partial charge in [-0.05, 0) is 30.5 Å². The molecule has 3 nitrogen and oxygen atoms in total. The topological polar surface area (TPSA) is 42.2 Å². The Morgan fingerprint density at radius 1 is 1.00 bits per heavy atom. The Balaban J connectivity index is 1.80. The van der Waals surface area contributed by atoms with Crippen LogP contribution < -0.4 is 5.32 Å². The lowest BCUT2D eigenvalue weighted by atomic mass is 10.1. The second kappa shape index (κ2) is 5.69. The van der Waals surface area contributed by atoms with Crippen LogP contribution in [0.25, 0.3) is 21.7 Å². The van der Waals surface area contributed by atoms with Crippen molar-refractivity contribution >= 4 is 44.9 Å². The highest BCUT2D eigenvalue weighted by atomic mass is 35.5. The first-order chi connectivity index (χ1) is 11.6. The third kappa shape index (κ3) is 2.43. The summed E-state index contributed by atoms with van der Waals surface area (Å²) in [5, 5.41) is 6.43. The summed E-state index contributed by atoms with van der Waals surface area (Å²) in [7, 11) is 0. The van der Waals surface area contributed by atoms with Gasteiger partial charge in [-0.3, -0.25) is 4.79 Å². The molecule has 0 saturated carbocycles. The van der Waals surface area contributed by atoms with Crippen LogP contribution in [0.1, 0.15) is 16.1 Å². The van der Waals surface area contributed by atoms with Crippen molar-refractivity contribution in [2.75, 3.05) is 5.32 Å². The third-order valence-corrected chi connectivity index (χ3v) is 4.35. The summed E-state index contributed by atoms with van der Waals surface area (Å²) < 4.78 is 5.93. The molecule has 1 aromatic heterocycles. The van der Waals surface area contributed by atoms with E-state index in [4.69, 9.17) is 16.0 Å². The maximum absolute atomic E-state index is 12.6. The van der Waals surface area contributed by atoms with E-state index in [0.29, 0.717) is 16.5 Å². The van der Waals surface area contributed by atoms with Crippen LogP contribution >= 0.6 is 11.6 Å². The number of carbonyl (C=O) groups is 1. The fourth-order valence-corrected chi connectivity index (χ4v) is 3.11. The summed E-state index contributed by atoms with van der Waals surface area (Å²) in [6.45, 7) is 1.90. The summed E-state index contributed by atoms with van der Waals surface area (Å²) in [6.07, 6.45) is 0. The lowest BCUT2D eigenvalue weighted by molar-refractivity contribution is 0.0998. The fourth-order valence-electron chi connectivity index (χ4n) is 2.92. The number of nitrogens with one attached hydrogen (secondary N) is 1. The lowest BCUT2D eigenvalue weighted by Crippen LogP contribution is -2.11. The number of hydrogen-bond donors (Lipinski definition) is 1. The number of anilines is 1. The molecule has 0 spiro atoms. The van der Waals surface area contributed by atoms with Crippen LogP contribution in [0.3, 0.4) is 0 Å². The lowest BCUT2D eigenvalue weighted by Gasteiger charge is -2.04. The molecule has 0 aliphatic heterocycles. The number of amides is 1. The summed E-state index contributed by atoms with van der Waals surface area (Å²) in [5.41, 5.74) is 2.20. The SMILES string of the molecule is Cc1c(C(=O)Nc2cccc(Cl)c2)oc2c1ccc1ccccc12. The van der Waals surface area contributed by atoms with E-state index < -0.39 is 0 Å². The van der Waals surface area contributed by atoms with Gasteiger partial charge in [0, 0.05) is 27.0 Å². The Morgan fingerprint density at radius 3 is 2.67 bits per heavy atom. The summed E-state index contributed by atoms with van der Waals surface area (Å²) in [6, 6.07) is 19.0. The normalized spacial score (nSPS) is 11.1. The molecule has 1 amide bonds. The number of fused-ring (bicyclic) bond motifs is 3. The highest BCUT2D eigenvalue weighted by Crippen LogP contribution is 2.32. The first-order valence-corrected chi connectivity index (χ1v) is 7.99. The Morgan fingerprint density at radius 2 is 1.83 bits per heavy atom. The molecule has 0 fully saturated rings. The predicted octanol–water partition coefficient (Wildman–Crippen LogP) is 5.80. The first-order valence-electron chi connectivity index (χ1n) is 7.61. The second-order valence-corrected chi connectivity index (χ2v) is 6.12.